The number of anilines is 1. The van der Waals surface area contributed by atoms with E-state index in [4.69, 9.17) is 21.1 Å². The molecule has 0 bridgehead atoms. The third-order valence-corrected chi connectivity index (χ3v) is 6.41. The van der Waals surface area contributed by atoms with Crippen molar-refractivity contribution in [3.63, 3.8) is 0 Å². The number of rotatable bonds is 6. The summed E-state index contributed by atoms with van der Waals surface area (Å²) in [7, 11) is 3.01. The summed E-state index contributed by atoms with van der Waals surface area (Å²) >= 11 is 7.77. The maximum absolute atomic E-state index is 12.7. The predicted octanol–water partition coefficient (Wildman–Crippen LogP) is 3.21. The van der Waals surface area contributed by atoms with Crippen LogP contribution in [0.2, 0.25) is 5.02 Å². The Bertz CT molecular complexity index is 1060. The molecule has 1 amide bonds. The van der Waals surface area contributed by atoms with Crippen molar-refractivity contribution < 1.29 is 19.2 Å². The van der Waals surface area contributed by atoms with E-state index in [2.05, 4.69) is 34.6 Å². The van der Waals surface area contributed by atoms with Crippen LogP contribution < -0.4 is 19.7 Å². The topological polar surface area (TPSA) is 64.9 Å². The first-order valence-corrected chi connectivity index (χ1v) is 10.9. The molecule has 0 fully saturated rings. The highest BCUT2D eigenvalue weighted by atomic mass is 35.5. The Morgan fingerprint density at radius 2 is 2.03 bits per heavy atom. The zero-order valence-corrected chi connectivity index (χ0v) is 18.4. The van der Waals surface area contributed by atoms with Crippen LogP contribution in [-0.2, 0) is 19.5 Å². The molecule has 30 heavy (non-hydrogen) atoms. The Hall–Kier alpha value is -2.61. The highest BCUT2D eigenvalue weighted by molar-refractivity contribution is 7.15. The minimum absolute atomic E-state index is 0.280. The molecule has 2 aromatic carbocycles. The number of aromatic nitrogens is 1. The fraction of sp³-hybridized carbons (Fsp3) is 0.273. The Morgan fingerprint density at radius 3 is 2.77 bits per heavy atom. The fourth-order valence-corrected chi connectivity index (χ4v) is 5.00. The van der Waals surface area contributed by atoms with Crippen molar-refractivity contribution >= 4 is 34.0 Å². The maximum atomic E-state index is 12.7. The monoisotopic (exact) mass is 444 g/mol. The molecule has 0 saturated carbocycles. The number of nitrogens with zero attached hydrogens (tertiary/aromatic N) is 1. The number of thiazole rings is 1. The maximum Gasteiger partial charge on any atom is 0.257 e. The van der Waals surface area contributed by atoms with E-state index >= 15 is 0 Å². The van der Waals surface area contributed by atoms with Gasteiger partial charge in [0.15, 0.2) is 16.6 Å². The molecule has 1 aliphatic heterocycles. The molecule has 1 aromatic heterocycles. The minimum Gasteiger partial charge on any atom is -0.493 e. The van der Waals surface area contributed by atoms with Gasteiger partial charge in [-0.25, -0.2) is 4.98 Å². The van der Waals surface area contributed by atoms with Crippen molar-refractivity contribution in [3.05, 3.63) is 69.2 Å². The Labute approximate surface area is 184 Å². The number of hydrogen-bond donors (Lipinski definition) is 2. The highest BCUT2D eigenvalue weighted by Crippen LogP contribution is 2.36. The van der Waals surface area contributed by atoms with Crippen LogP contribution in [0.25, 0.3) is 0 Å². The number of carbonyl (C=O) groups is 1. The SMILES string of the molecule is COc1cc(C(=O)Nc2nc3c(s2)C[NH+](Cc2ccccc2)CC3)cc(Cl)c1OC. The summed E-state index contributed by atoms with van der Waals surface area (Å²) in [6, 6.07) is 13.7. The van der Waals surface area contributed by atoms with Gasteiger partial charge in [-0.2, -0.15) is 0 Å². The van der Waals surface area contributed by atoms with Gasteiger partial charge in [0.05, 0.1) is 36.4 Å². The molecule has 0 saturated heterocycles. The number of halogens is 1. The van der Waals surface area contributed by atoms with Gasteiger partial charge in [0, 0.05) is 17.5 Å². The summed E-state index contributed by atoms with van der Waals surface area (Å²) in [5, 5.41) is 3.83. The highest BCUT2D eigenvalue weighted by Gasteiger charge is 2.25. The summed E-state index contributed by atoms with van der Waals surface area (Å²) in [5.74, 6) is 0.535. The van der Waals surface area contributed by atoms with Gasteiger partial charge in [-0.15, -0.1) is 0 Å². The van der Waals surface area contributed by atoms with Crippen LogP contribution in [0.3, 0.4) is 0 Å². The third kappa shape index (κ3) is 4.43. The van der Waals surface area contributed by atoms with Gasteiger partial charge in [0.1, 0.15) is 13.1 Å². The smallest absolute Gasteiger partial charge is 0.257 e. The Morgan fingerprint density at radius 1 is 1.23 bits per heavy atom. The summed E-state index contributed by atoms with van der Waals surface area (Å²) in [6.07, 6.45) is 0.909. The zero-order chi connectivity index (χ0) is 21.1. The van der Waals surface area contributed by atoms with Crippen molar-refractivity contribution in [3.8, 4) is 11.5 Å². The quantitative estimate of drug-likeness (QED) is 0.612. The van der Waals surface area contributed by atoms with Gasteiger partial charge in [-0.1, -0.05) is 53.3 Å². The molecule has 2 heterocycles. The molecule has 2 N–H and O–H groups in total. The van der Waals surface area contributed by atoms with E-state index in [1.807, 2.05) is 6.07 Å². The lowest BCUT2D eigenvalue weighted by atomic mass is 10.1. The lowest BCUT2D eigenvalue weighted by molar-refractivity contribution is -0.929. The van der Waals surface area contributed by atoms with Crippen LogP contribution in [-0.4, -0.2) is 31.7 Å². The number of amides is 1. The average Bonchev–Trinajstić information content (AvgIpc) is 3.15. The molecule has 1 atom stereocenters. The summed E-state index contributed by atoms with van der Waals surface area (Å²) in [5.41, 5.74) is 2.80. The van der Waals surface area contributed by atoms with Gasteiger partial charge in [0.25, 0.3) is 5.91 Å². The Kier molecular flexibility index (Phi) is 6.22. The number of benzene rings is 2. The number of quaternary nitrogens is 1. The van der Waals surface area contributed by atoms with E-state index < -0.39 is 0 Å². The normalized spacial score (nSPS) is 15.4. The number of fused-ring (bicyclic) bond motifs is 1. The molecular formula is C22H23ClN3O3S+. The molecule has 3 aromatic rings. The van der Waals surface area contributed by atoms with Gasteiger partial charge in [-0.3, -0.25) is 10.1 Å². The lowest BCUT2D eigenvalue weighted by Crippen LogP contribution is -3.10. The fourth-order valence-electron chi connectivity index (χ4n) is 3.63. The van der Waals surface area contributed by atoms with Crippen molar-refractivity contribution in [1.29, 1.82) is 0 Å². The van der Waals surface area contributed by atoms with Gasteiger partial charge < -0.3 is 14.4 Å². The molecule has 0 spiro atoms. The van der Waals surface area contributed by atoms with E-state index in [1.165, 1.54) is 29.6 Å². The van der Waals surface area contributed by atoms with Crippen LogP contribution in [0, 0.1) is 0 Å². The van der Waals surface area contributed by atoms with E-state index in [1.54, 1.807) is 23.5 Å². The predicted molar refractivity (Wildman–Crippen MR) is 118 cm³/mol. The molecule has 1 aliphatic rings. The molecule has 4 rings (SSSR count). The van der Waals surface area contributed by atoms with Crippen molar-refractivity contribution in [2.75, 3.05) is 26.1 Å². The standard InChI is InChI=1S/C22H22ClN3O3S/c1-28-18-11-15(10-16(23)20(18)29-2)21(27)25-22-24-17-8-9-26(13-19(17)30-22)12-14-6-4-3-5-7-14/h3-7,10-11H,8-9,12-13H2,1-2H3,(H,24,25,27)/p+1. The van der Waals surface area contributed by atoms with E-state index in [-0.39, 0.29) is 5.91 Å². The van der Waals surface area contributed by atoms with Crippen LogP contribution in [0.5, 0.6) is 11.5 Å². The van der Waals surface area contributed by atoms with Crippen LogP contribution in [0.4, 0.5) is 5.13 Å². The largest absolute Gasteiger partial charge is 0.493 e. The number of hydrogen-bond acceptors (Lipinski definition) is 5. The molecule has 8 heteroatoms. The van der Waals surface area contributed by atoms with Crippen molar-refractivity contribution in [2.45, 2.75) is 19.5 Å². The molecule has 1 unspecified atom stereocenters. The number of nitrogens with one attached hydrogen (secondary N) is 2. The van der Waals surface area contributed by atoms with E-state index in [0.29, 0.717) is 27.2 Å². The first-order chi connectivity index (χ1) is 14.6. The number of carbonyl (C=O) groups excluding carboxylic acids is 1. The minimum atomic E-state index is -0.280. The van der Waals surface area contributed by atoms with Crippen molar-refractivity contribution in [1.82, 2.24) is 4.98 Å². The summed E-state index contributed by atoms with van der Waals surface area (Å²) < 4.78 is 10.5. The van der Waals surface area contributed by atoms with Crippen LogP contribution >= 0.6 is 22.9 Å². The van der Waals surface area contributed by atoms with Gasteiger partial charge >= 0.3 is 0 Å². The van der Waals surface area contributed by atoms with Crippen LogP contribution in [0.15, 0.2) is 42.5 Å². The van der Waals surface area contributed by atoms with Gasteiger partial charge in [0.2, 0.25) is 0 Å². The molecule has 6 nitrogen and oxygen atoms in total. The molecule has 156 valence electrons. The third-order valence-electron chi connectivity index (χ3n) is 5.12. The van der Waals surface area contributed by atoms with Crippen molar-refractivity contribution in [2.24, 2.45) is 0 Å². The molecular weight excluding hydrogens is 422 g/mol. The summed E-state index contributed by atoms with van der Waals surface area (Å²) in [6.45, 7) is 2.94. The second kappa shape index (κ2) is 9.04. The first kappa shape index (κ1) is 20.7. The van der Waals surface area contributed by atoms with E-state index in [0.717, 1.165) is 31.7 Å². The Balaban J connectivity index is 1.46. The number of ether oxygens (including phenoxy) is 2. The summed E-state index contributed by atoms with van der Waals surface area (Å²) in [4.78, 5) is 20.1. The second-order valence-corrected chi connectivity index (χ2v) is 8.62. The average molecular weight is 445 g/mol. The zero-order valence-electron chi connectivity index (χ0n) is 16.8. The molecule has 0 aliphatic carbocycles. The molecule has 0 radical (unpaired) electrons. The first-order valence-electron chi connectivity index (χ1n) is 9.66. The van der Waals surface area contributed by atoms with Crippen LogP contribution in [0.1, 0.15) is 26.5 Å². The van der Waals surface area contributed by atoms with Gasteiger partial charge in [-0.05, 0) is 12.1 Å². The lowest BCUT2D eigenvalue weighted by Gasteiger charge is -2.22. The second-order valence-electron chi connectivity index (χ2n) is 7.13. The number of methoxy groups -OCH3 is 2. The van der Waals surface area contributed by atoms with E-state index in [9.17, 15) is 4.79 Å².